The Morgan fingerprint density at radius 3 is 2.22 bits per heavy atom. The van der Waals surface area contributed by atoms with Crippen LogP contribution >= 0.6 is 0 Å². The number of aliphatic hydroxyl groups is 3. The number of anilines is 1. The number of β-amino-alcohol motifs (C(OH)–C–C–N with tert-alkyl or cyclic N) is 1. The summed E-state index contributed by atoms with van der Waals surface area (Å²) in [5.74, 6) is -2.91. The van der Waals surface area contributed by atoms with Gasteiger partial charge < -0.3 is 30.1 Å². The lowest BCUT2D eigenvalue weighted by molar-refractivity contribution is -0.172. The molecule has 3 aliphatic rings. The van der Waals surface area contributed by atoms with Crippen molar-refractivity contribution in [2.75, 3.05) is 37.6 Å². The van der Waals surface area contributed by atoms with Crippen LogP contribution in [0.3, 0.4) is 0 Å². The van der Waals surface area contributed by atoms with Crippen LogP contribution in [0.15, 0.2) is 30.3 Å². The Kier molecular flexibility index (Phi) is 6.44. The summed E-state index contributed by atoms with van der Waals surface area (Å²) in [5.41, 5.74) is -0.657. The van der Waals surface area contributed by atoms with E-state index < -0.39 is 41.3 Å². The fourth-order valence-corrected chi connectivity index (χ4v) is 5.53. The fourth-order valence-electron chi connectivity index (χ4n) is 5.53. The number of ether oxygens (including phenoxy) is 1. The zero-order valence-electron chi connectivity index (χ0n) is 18.1. The van der Waals surface area contributed by atoms with E-state index in [1.807, 2.05) is 18.2 Å². The third kappa shape index (κ3) is 4.10. The van der Waals surface area contributed by atoms with Gasteiger partial charge in [-0.25, -0.2) is 9.59 Å². The number of carboxylic acid groups (broad SMARTS) is 1. The number of aliphatic hydroxyl groups excluding tert-OH is 2. The highest BCUT2D eigenvalue weighted by Gasteiger charge is 2.78. The van der Waals surface area contributed by atoms with Crippen LogP contribution in [-0.4, -0.2) is 93.9 Å². The second-order valence-electron chi connectivity index (χ2n) is 9.28. The summed E-state index contributed by atoms with van der Waals surface area (Å²) < 4.78 is 5.44. The van der Waals surface area contributed by atoms with Gasteiger partial charge in [0.05, 0.1) is 0 Å². The number of carbonyl (C=O) groups is 2. The molecule has 0 aromatic heterocycles. The van der Waals surface area contributed by atoms with Gasteiger partial charge in [-0.05, 0) is 25.0 Å². The van der Waals surface area contributed by atoms with E-state index in [0.29, 0.717) is 19.4 Å². The largest absolute Gasteiger partial charge is 0.479 e. The number of rotatable bonds is 7. The molecule has 176 valence electrons. The molecule has 1 saturated heterocycles. The van der Waals surface area contributed by atoms with Gasteiger partial charge in [0.25, 0.3) is 0 Å². The highest BCUT2D eigenvalue weighted by molar-refractivity contribution is 5.84. The van der Waals surface area contributed by atoms with Crippen LogP contribution in [0.1, 0.15) is 32.1 Å². The van der Waals surface area contributed by atoms with E-state index in [9.17, 15) is 24.9 Å². The van der Waals surface area contributed by atoms with E-state index in [1.165, 1.54) is 5.69 Å². The number of esters is 1. The first-order valence-corrected chi connectivity index (χ1v) is 11.3. The Morgan fingerprint density at radius 1 is 1.00 bits per heavy atom. The number of nitrogens with zero attached hydrogens (tertiary/aromatic N) is 2. The summed E-state index contributed by atoms with van der Waals surface area (Å²) in [6.45, 7) is 3.51. The zero-order chi connectivity index (χ0) is 22.9. The molecule has 9 nitrogen and oxygen atoms in total. The quantitative estimate of drug-likeness (QED) is 0.433. The molecule has 0 amide bonds. The highest BCUT2D eigenvalue weighted by atomic mass is 16.6. The Labute approximate surface area is 187 Å². The minimum atomic E-state index is -2.26. The molecule has 4 atom stereocenters. The maximum absolute atomic E-state index is 12.3. The van der Waals surface area contributed by atoms with Crippen LogP contribution in [0.4, 0.5) is 5.69 Å². The first-order valence-electron chi connectivity index (χ1n) is 11.3. The van der Waals surface area contributed by atoms with Gasteiger partial charge in [-0.2, -0.15) is 0 Å². The molecule has 1 aromatic carbocycles. The summed E-state index contributed by atoms with van der Waals surface area (Å²) in [4.78, 5) is 27.7. The molecule has 1 unspecified atom stereocenters. The van der Waals surface area contributed by atoms with E-state index in [0.717, 1.165) is 45.4 Å². The second kappa shape index (κ2) is 8.97. The smallest absolute Gasteiger partial charge is 0.338 e. The van der Waals surface area contributed by atoms with Gasteiger partial charge in [-0.15, -0.1) is 0 Å². The van der Waals surface area contributed by atoms with Crippen molar-refractivity contribution in [2.45, 2.75) is 56.0 Å². The zero-order valence-corrected chi connectivity index (χ0v) is 18.1. The number of hydrogen-bond donors (Lipinski definition) is 4. The first-order chi connectivity index (χ1) is 15.3. The Bertz CT molecular complexity index is 821. The first kappa shape index (κ1) is 23.0. The number of para-hydroxylation sites is 1. The van der Waals surface area contributed by atoms with Gasteiger partial charge in [-0.1, -0.05) is 37.5 Å². The number of aliphatic carboxylic acids is 1. The molecule has 1 aliphatic heterocycles. The predicted molar refractivity (Wildman–Crippen MR) is 115 cm³/mol. The van der Waals surface area contributed by atoms with Crippen molar-refractivity contribution in [3.8, 4) is 0 Å². The van der Waals surface area contributed by atoms with Gasteiger partial charge in [0, 0.05) is 43.8 Å². The number of hydrogen-bond acceptors (Lipinski definition) is 8. The van der Waals surface area contributed by atoms with E-state index in [-0.39, 0.29) is 0 Å². The fraction of sp³-hybridized carbons (Fsp3) is 0.652. The SMILES string of the molecule is O=C(O)[C@H](O)[C@@H](O)C(=O)OC1C2(CCCCC2)[C@]1(O)CN1CCN(c2ccccc2)CC1. The molecule has 4 rings (SSSR count). The van der Waals surface area contributed by atoms with Crippen LogP contribution in [0.25, 0.3) is 0 Å². The number of carbonyl (C=O) groups excluding carboxylic acids is 1. The van der Waals surface area contributed by atoms with Gasteiger partial charge in [0.15, 0.2) is 12.2 Å². The van der Waals surface area contributed by atoms with Crippen LogP contribution in [0.5, 0.6) is 0 Å². The monoisotopic (exact) mass is 448 g/mol. The van der Waals surface area contributed by atoms with E-state index in [2.05, 4.69) is 21.9 Å². The van der Waals surface area contributed by atoms with Gasteiger partial charge in [-0.3, -0.25) is 4.90 Å². The predicted octanol–water partition coefficient (Wildman–Crippen LogP) is 0.222. The van der Waals surface area contributed by atoms with Gasteiger partial charge in [0.2, 0.25) is 0 Å². The van der Waals surface area contributed by atoms with Crippen molar-refractivity contribution in [2.24, 2.45) is 5.41 Å². The van der Waals surface area contributed by atoms with E-state index >= 15 is 0 Å². The molecule has 4 N–H and O–H groups in total. The second-order valence-corrected chi connectivity index (χ2v) is 9.28. The molecule has 32 heavy (non-hydrogen) atoms. The summed E-state index contributed by atoms with van der Waals surface area (Å²) >= 11 is 0. The third-order valence-corrected chi connectivity index (χ3v) is 7.45. The lowest BCUT2D eigenvalue weighted by Crippen LogP contribution is -2.50. The summed E-state index contributed by atoms with van der Waals surface area (Å²) in [5, 5.41) is 39.8. The summed E-state index contributed by atoms with van der Waals surface area (Å²) in [7, 11) is 0. The molecule has 2 aliphatic carbocycles. The standard InChI is InChI=1S/C23H32N2O7/c26-17(19(28)29)18(27)20(30)32-21-22(9-5-2-6-10-22)23(21,31)15-24-11-13-25(14-12-24)16-7-3-1-4-8-16/h1,3-4,7-8,17-18,21,26-27,31H,2,5-6,9-15H2,(H,28,29)/t17-,18-,21?,23+/m1/s1. The van der Waals surface area contributed by atoms with Crippen molar-refractivity contribution >= 4 is 17.6 Å². The molecule has 3 fully saturated rings. The lowest BCUT2D eigenvalue weighted by atomic mass is 9.83. The molecule has 2 saturated carbocycles. The van der Waals surface area contributed by atoms with Crippen molar-refractivity contribution < 1.29 is 34.8 Å². The highest BCUT2D eigenvalue weighted by Crippen LogP contribution is 2.66. The number of carboxylic acids is 1. The number of benzene rings is 1. The minimum Gasteiger partial charge on any atom is -0.479 e. The average molecular weight is 449 g/mol. The molecule has 0 bridgehead atoms. The molecular weight excluding hydrogens is 416 g/mol. The van der Waals surface area contributed by atoms with Crippen LogP contribution in [0, 0.1) is 5.41 Å². The van der Waals surface area contributed by atoms with Crippen LogP contribution in [0.2, 0.25) is 0 Å². The summed E-state index contributed by atoms with van der Waals surface area (Å²) in [6, 6.07) is 10.2. The van der Waals surface area contributed by atoms with E-state index in [1.54, 1.807) is 0 Å². The minimum absolute atomic E-state index is 0.352. The van der Waals surface area contributed by atoms with E-state index in [4.69, 9.17) is 9.84 Å². The van der Waals surface area contributed by atoms with Crippen molar-refractivity contribution in [1.82, 2.24) is 4.90 Å². The van der Waals surface area contributed by atoms with Gasteiger partial charge in [0.1, 0.15) is 11.7 Å². The average Bonchev–Trinajstić information content (AvgIpc) is 3.27. The maximum atomic E-state index is 12.3. The lowest BCUT2D eigenvalue weighted by Gasteiger charge is -2.38. The third-order valence-electron chi connectivity index (χ3n) is 7.45. The Balaban J connectivity index is 1.41. The van der Waals surface area contributed by atoms with Crippen molar-refractivity contribution in [1.29, 1.82) is 0 Å². The molecule has 1 spiro atoms. The normalized spacial score (nSPS) is 29.3. The topological polar surface area (TPSA) is 131 Å². The molecule has 9 heteroatoms. The van der Waals surface area contributed by atoms with Gasteiger partial charge >= 0.3 is 11.9 Å². The Hall–Kier alpha value is -2.20. The molecule has 0 radical (unpaired) electrons. The summed E-state index contributed by atoms with van der Waals surface area (Å²) in [6.07, 6.45) is -0.960. The van der Waals surface area contributed by atoms with Crippen LogP contribution < -0.4 is 4.90 Å². The van der Waals surface area contributed by atoms with Crippen molar-refractivity contribution in [3.05, 3.63) is 30.3 Å². The number of piperazine rings is 1. The molecular formula is C23H32N2O7. The molecule has 1 aromatic rings. The van der Waals surface area contributed by atoms with Crippen LogP contribution in [-0.2, 0) is 14.3 Å². The maximum Gasteiger partial charge on any atom is 0.338 e. The Morgan fingerprint density at radius 2 is 1.62 bits per heavy atom. The van der Waals surface area contributed by atoms with Crippen molar-refractivity contribution in [3.63, 3.8) is 0 Å². The molecule has 1 heterocycles.